The second kappa shape index (κ2) is 8.81. The maximum absolute atomic E-state index is 13.0. The largest absolute Gasteiger partial charge is 0.420 e. The van der Waals surface area contributed by atoms with Crippen molar-refractivity contribution in [2.24, 2.45) is 0 Å². The Bertz CT molecular complexity index is 1050. The Labute approximate surface area is 162 Å². The van der Waals surface area contributed by atoms with E-state index in [9.17, 15) is 12.8 Å². The van der Waals surface area contributed by atoms with E-state index in [-0.39, 0.29) is 27.5 Å². The first-order valence-electron chi connectivity index (χ1n) is 8.48. The van der Waals surface area contributed by atoms with Gasteiger partial charge in [-0.3, -0.25) is 0 Å². The van der Waals surface area contributed by atoms with E-state index in [1.54, 1.807) is 43.5 Å². The lowest BCUT2D eigenvalue weighted by atomic mass is 10.2. The summed E-state index contributed by atoms with van der Waals surface area (Å²) >= 11 is 0. The molecule has 146 valence electrons. The summed E-state index contributed by atoms with van der Waals surface area (Å²) in [6, 6.07) is 13.9. The van der Waals surface area contributed by atoms with E-state index in [1.807, 2.05) is 0 Å². The molecule has 8 heteroatoms. The van der Waals surface area contributed by atoms with Crippen molar-refractivity contribution in [3.8, 4) is 0 Å². The fourth-order valence-corrected chi connectivity index (χ4v) is 3.71. The van der Waals surface area contributed by atoms with Gasteiger partial charge in [0.25, 0.3) is 0 Å². The summed E-state index contributed by atoms with van der Waals surface area (Å²) in [6.07, 6.45) is 3.18. The molecule has 28 heavy (non-hydrogen) atoms. The van der Waals surface area contributed by atoms with Crippen LogP contribution in [-0.2, 0) is 14.6 Å². The Hall–Kier alpha value is -2.97. The molecule has 0 spiro atoms. The van der Waals surface area contributed by atoms with E-state index in [0.717, 1.165) is 5.56 Å². The number of hydrogen-bond acceptors (Lipinski definition) is 6. The number of anilines is 1. The SMILES string of the molecule is COCCNc1oc(/C=C/c2ccc(F)cc2)nc1S(=O)(=O)c1ccccc1. The van der Waals surface area contributed by atoms with Gasteiger partial charge in [0.1, 0.15) is 5.82 Å². The van der Waals surface area contributed by atoms with Crippen LogP contribution in [0.15, 0.2) is 68.9 Å². The summed E-state index contributed by atoms with van der Waals surface area (Å²) in [6.45, 7) is 0.719. The summed E-state index contributed by atoms with van der Waals surface area (Å²) in [5.41, 5.74) is 0.723. The summed E-state index contributed by atoms with van der Waals surface area (Å²) in [5, 5.41) is 2.70. The van der Waals surface area contributed by atoms with Crippen molar-refractivity contribution >= 4 is 27.9 Å². The molecule has 0 radical (unpaired) electrons. The van der Waals surface area contributed by atoms with E-state index in [0.29, 0.717) is 13.2 Å². The summed E-state index contributed by atoms with van der Waals surface area (Å²) in [5.74, 6) is -0.187. The van der Waals surface area contributed by atoms with E-state index in [2.05, 4.69) is 10.3 Å². The van der Waals surface area contributed by atoms with Crippen LogP contribution in [0.1, 0.15) is 11.5 Å². The lowest BCUT2D eigenvalue weighted by Gasteiger charge is -2.05. The van der Waals surface area contributed by atoms with Crippen LogP contribution in [0.5, 0.6) is 0 Å². The van der Waals surface area contributed by atoms with Crippen LogP contribution < -0.4 is 5.32 Å². The second-order valence-corrected chi connectivity index (χ2v) is 7.67. The number of halogens is 1. The fraction of sp³-hybridized carbons (Fsp3) is 0.150. The van der Waals surface area contributed by atoms with Gasteiger partial charge in [-0.15, -0.1) is 0 Å². The number of oxazole rings is 1. The van der Waals surface area contributed by atoms with E-state index >= 15 is 0 Å². The third kappa shape index (κ3) is 4.65. The normalized spacial score (nSPS) is 11.8. The molecule has 0 aliphatic rings. The van der Waals surface area contributed by atoms with Crippen molar-refractivity contribution in [3.63, 3.8) is 0 Å². The monoisotopic (exact) mass is 402 g/mol. The minimum absolute atomic E-state index is 0.0414. The van der Waals surface area contributed by atoms with Gasteiger partial charge in [0.2, 0.25) is 26.6 Å². The lowest BCUT2D eigenvalue weighted by Crippen LogP contribution is -2.11. The maximum atomic E-state index is 13.0. The zero-order valence-corrected chi connectivity index (χ0v) is 15.9. The highest BCUT2D eigenvalue weighted by Gasteiger charge is 2.27. The minimum atomic E-state index is -3.87. The van der Waals surface area contributed by atoms with E-state index in [1.165, 1.54) is 30.3 Å². The second-order valence-electron chi connectivity index (χ2n) is 5.81. The van der Waals surface area contributed by atoms with Crippen LogP contribution in [-0.4, -0.2) is 33.7 Å². The minimum Gasteiger partial charge on any atom is -0.420 e. The summed E-state index contributed by atoms with van der Waals surface area (Å²) < 4.78 is 49.5. The third-order valence-corrected chi connectivity index (χ3v) is 5.48. The Kier molecular flexibility index (Phi) is 6.23. The van der Waals surface area contributed by atoms with Crippen molar-refractivity contribution in [1.29, 1.82) is 0 Å². The molecule has 0 aliphatic heterocycles. The van der Waals surface area contributed by atoms with Crippen LogP contribution in [0.2, 0.25) is 0 Å². The van der Waals surface area contributed by atoms with E-state index in [4.69, 9.17) is 9.15 Å². The lowest BCUT2D eigenvalue weighted by molar-refractivity contribution is 0.210. The Morgan fingerprint density at radius 2 is 1.82 bits per heavy atom. The smallest absolute Gasteiger partial charge is 0.233 e. The van der Waals surface area contributed by atoms with E-state index < -0.39 is 9.84 Å². The zero-order chi connectivity index (χ0) is 20.0. The number of rotatable bonds is 8. The number of benzene rings is 2. The first-order valence-corrected chi connectivity index (χ1v) is 9.96. The van der Waals surface area contributed by atoms with Crippen LogP contribution in [0, 0.1) is 5.82 Å². The molecule has 3 aromatic rings. The molecule has 0 saturated carbocycles. The summed E-state index contributed by atoms with van der Waals surface area (Å²) in [4.78, 5) is 4.27. The molecule has 1 heterocycles. The molecule has 0 aliphatic carbocycles. The number of hydrogen-bond donors (Lipinski definition) is 1. The van der Waals surface area contributed by atoms with Gasteiger partial charge in [-0.2, -0.15) is 4.98 Å². The van der Waals surface area contributed by atoms with Gasteiger partial charge in [-0.05, 0) is 35.9 Å². The average Bonchev–Trinajstić information content (AvgIpc) is 3.12. The van der Waals surface area contributed by atoms with Gasteiger partial charge in [0.05, 0.1) is 11.5 Å². The van der Waals surface area contributed by atoms with Crippen molar-refractivity contribution in [2.75, 3.05) is 25.6 Å². The Balaban J connectivity index is 1.95. The number of ether oxygens (including phenoxy) is 1. The Morgan fingerprint density at radius 1 is 1.11 bits per heavy atom. The molecule has 0 unspecified atom stereocenters. The molecule has 3 rings (SSSR count). The molecular weight excluding hydrogens is 383 g/mol. The topological polar surface area (TPSA) is 81.4 Å². The zero-order valence-electron chi connectivity index (χ0n) is 15.1. The highest BCUT2D eigenvalue weighted by molar-refractivity contribution is 7.91. The Morgan fingerprint density at radius 3 is 2.50 bits per heavy atom. The molecule has 0 saturated heterocycles. The van der Waals surface area contributed by atoms with Crippen molar-refractivity contribution < 1.29 is 22.0 Å². The van der Waals surface area contributed by atoms with Crippen LogP contribution >= 0.6 is 0 Å². The van der Waals surface area contributed by atoms with Crippen molar-refractivity contribution in [3.05, 3.63) is 71.9 Å². The molecule has 0 amide bonds. The fourth-order valence-electron chi connectivity index (χ4n) is 2.41. The number of sulfone groups is 1. The van der Waals surface area contributed by atoms with Gasteiger partial charge in [0, 0.05) is 19.7 Å². The highest BCUT2D eigenvalue weighted by Crippen LogP contribution is 2.28. The number of aromatic nitrogens is 1. The molecular formula is C20H19FN2O4S. The first-order chi connectivity index (χ1) is 13.5. The van der Waals surface area contributed by atoms with Crippen molar-refractivity contribution in [2.45, 2.75) is 9.92 Å². The molecule has 0 fully saturated rings. The predicted octanol–water partition coefficient (Wildman–Crippen LogP) is 3.88. The molecule has 1 N–H and O–H groups in total. The third-order valence-electron chi connectivity index (χ3n) is 3.80. The van der Waals surface area contributed by atoms with Gasteiger partial charge in [-0.25, -0.2) is 12.8 Å². The standard InChI is InChI=1S/C20H19FN2O4S/c1-26-14-13-22-19-20(28(24,25)17-5-3-2-4-6-17)23-18(27-19)12-9-15-7-10-16(21)11-8-15/h2-12,22H,13-14H2,1H3/b12-9+. The van der Waals surface area contributed by atoms with Crippen LogP contribution in [0.25, 0.3) is 12.2 Å². The number of nitrogens with one attached hydrogen (secondary N) is 1. The molecule has 0 atom stereocenters. The van der Waals surface area contributed by atoms with Crippen LogP contribution in [0.3, 0.4) is 0 Å². The molecule has 1 aromatic heterocycles. The number of nitrogens with zero attached hydrogens (tertiary/aromatic N) is 1. The molecule has 2 aromatic carbocycles. The van der Waals surface area contributed by atoms with Gasteiger partial charge in [0.15, 0.2) is 0 Å². The maximum Gasteiger partial charge on any atom is 0.233 e. The van der Waals surface area contributed by atoms with Gasteiger partial charge < -0.3 is 14.5 Å². The molecule has 0 bridgehead atoms. The predicted molar refractivity (Wildman–Crippen MR) is 104 cm³/mol. The van der Waals surface area contributed by atoms with Gasteiger partial charge in [-0.1, -0.05) is 30.3 Å². The highest BCUT2D eigenvalue weighted by atomic mass is 32.2. The van der Waals surface area contributed by atoms with Crippen molar-refractivity contribution in [1.82, 2.24) is 4.98 Å². The van der Waals surface area contributed by atoms with Crippen LogP contribution in [0.4, 0.5) is 10.3 Å². The van der Waals surface area contributed by atoms with Gasteiger partial charge >= 0.3 is 0 Å². The quantitative estimate of drug-likeness (QED) is 0.576. The molecule has 6 nitrogen and oxygen atoms in total. The summed E-state index contributed by atoms with van der Waals surface area (Å²) in [7, 11) is -2.32. The first kappa shape index (κ1) is 19.8. The number of methoxy groups -OCH3 is 1. The average molecular weight is 402 g/mol.